The molecule has 0 aromatic heterocycles. The minimum Gasteiger partial charge on any atom is -0.493 e. The molecule has 0 saturated heterocycles. The van der Waals surface area contributed by atoms with Crippen molar-refractivity contribution in [1.29, 1.82) is 0 Å². The van der Waals surface area contributed by atoms with E-state index in [1.165, 1.54) is 49.7 Å². The largest absolute Gasteiger partial charge is 0.493 e. The van der Waals surface area contributed by atoms with Crippen LogP contribution in [0.25, 0.3) is 6.08 Å². The third kappa shape index (κ3) is 12.7. The van der Waals surface area contributed by atoms with E-state index in [-0.39, 0.29) is 0 Å². The van der Waals surface area contributed by atoms with Crippen LogP contribution in [0.5, 0.6) is 5.75 Å². The fourth-order valence-electron chi connectivity index (χ4n) is 3.06. The lowest BCUT2D eigenvalue weighted by Crippen LogP contribution is -1.98. The average molecular weight is 393 g/mol. The van der Waals surface area contributed by atoms with Crippen LogP contribution in [0.1, 0.15) is 78.2 Å². The molecule has 0 heterocycles. The van der Waals surface area contributed by atoms with Crippen LogP contribution in [-0.4, -0.2) is 6.61 Å². The maximum absolute atomic E-state index is 6.05. The van der Waals surface area contributed by atoms with Crippen molar-refractivity contribution in [2.24, 2.45) is 0 Å². The standard InChI is InChI=1S/C28H40O/c1-6-7-8-9-10-11-14-22-29-28-19-13-12-18-27(28)21-20-25(4)16-15-17-26(5)23-24(2)3/h12-13,15-21,23H,2,6-11,14,22H2,1,3-5H3/b17-15+,21-20+,25-16+,26-23+. The van der Waals surface area contributed by atoms with Crippen LogP contribution in [-0.2, 0) is 0 Å². The van der Waals surface area contributed by atoms with Crippen LogP contribution >= 0.6 is 0 Å². The van der Waals surface area contributed by atoms with E-state index in [2.05, 4.69) is 82.0 Å². The zero-order valence-corrected chi connectivity index (χ0v) is 19.0. The Kier molecular flexibility index (Phi) is 13.3. The minimum absolute atomic E-state index is 0.796. The Hall–Kier alpha value is -2.28. The summed E-state index contributed by atoms with van der Waals surface area (Å²) in [6, 6.07) is 8.27. The monoisotopic (exact) mass is 392 g/mol. The topological polar surface area (TPSA) is 9.23 Å². The Balaban J connectivity index is 2.50. The van der Waals surface area contributed by atoms with Gasteiger partial charge in [0.1, 0.15) is 5.75 Å². The third-order valence-corrected chi connectivity index (χ3v) is 4.64. The van der Waals surface area contributed by atoms with Crippen molar-refractivity contribution < 1.29 is 4.74 Å². The molecule has 1 aromatic rings. The molecule has 0 atom stereocenters. The number of benzene rings is 1. The van der Waals surface area contributed by atoms with Crippen LogP contribution in [0.15, 0.2) is 77.9 Å². The fourth-order valence-corrected chi connectivity index (χ4v) is 3.06. The van der Waals surface area contributed by atoms with E-state index in [1.807, 2.05) is 13.0 Å². The van der Waals surface area contributed by atoms with Gasteiger partial charge in [-0.15, -0.1) is 0 Å². The highest BCUT2D eigenvalue weighted by Gasteiger charge is 2.00. The Morgan fingerprint density at radius 2 is 1.59 bits per heavy atom. The molecule has 0 aliphatic carbocycles. The molecule has 0 saturated carbocycles. The molecule has 0 unspecified atom stereocenters. The number of rotatable bonds is 14. The number of ether oxygens (including phenoxy) is 1. The van der Waals surface area contributed by atoms with Crippen LogP contribution in [0.4, 0.5) is 0 Å². The lowest BCUT2D eigenvalue weighted by molar-refractivity contribution is 0.303. The summed E-state index contributed by atoms with van der Waals surface area (Å²) in [6.45, 7) is 13.2. The summed E-state index contributed by atoms with van der Waals surface area (Å²) in [7, 11) is 0. The van der Waals surface area contributed by atoms with Gasteiger partial charge in [-0.3, -0.25) is 0 Å². The van der Waals surface area contributed by atoms with Crippen molar-refractivity contribution in [2.75, 3.05) is 6.61 Å². The number of allylic oxidation sites excluding steroid dienone is 8. The lowest BCUT2D eigenvalue weighted by Gasteiger charge is -2.09. The van der Waals surface area contributed by atoms with Crippen molar-refractivity contribution in [2.45, 2.75) is 72.6 Å². The van der Waals surface area contributed by atoms with Gasteiger partial charge in [0.25, 0.3) is 0 Å². The first kappa shape index (κ1) is 24.8. The summed E-state index contributed by atoms with van der Waals surface area (Å²) in [5.74, 6) is 0.971. The van der Waals surface area contributed by atoms with Crippen LogP contribution in [0.2, 0.25) is 0 Å². The molecule has 0 amide bonds. The first-order valence-electron chi connectivity index (χ1n) is 11.1. The molecule has 158 valence electrons. The molecule has 1 nitrogen and oxygen atoms in total. The first-order valence-corrected chi connectivity index (χ1v) is 11.1. The van der Waals surface area contributed by atoms with Crippen molar-refractivity contribution in [1.82, 2.24) is 0 Å². The molecule has 0 spiro atoms. The lowest BCUT2D eigenvalue weighted by atomic mass is 10.1. The van der Waals surface area contributed by atoms with E-state index < -0.39 is 0 Å². The van der Waals surface area contributed by atoms with Gasteiger partial charge in [-0.2, -0.15) is 0 Å². The highest BCUT2D eigenvalue weighted by Crippen LogP contribution is 2.21. The smallest absolute Gasteiger partial charge is 0.126 e. The van der Waals surface area contributed by atoms with Crippen molar-refractivity contribution in [3.8, 4) is 5.75 Å². The van der Waals surface area contributed by atoms with E-state index in [1.54, 1.807) is 0 Å². The summed E-state index contributed by atoms with van der Waals surface area (Å²) >= 11 is 0. The minimum atomic E-state index is 0.796. The van der Waals surface area contributed by atoms with Gasteiger partial charge >= 0.3 is 0 Å². The van der Waals surface area contributed by atoms with Crippen LogP contribution in [0, 0.1) is 0 Å². The molecule has 0 aliphatic rings. The van der Waals surface area contributed by atoms with Gasteiger partial charge in [0.05, 0.1) is 6.61 Å². The molecule has 1 heteroatoms. The summed E-state index contributed by atoms with van der Waals surface area (Å²) in [6.07, 6.45) is 21.8. The summed E-state index contributed by atoms with van der Waals surface area (Å²) in [5, 5.41) is 0. The first-order chi connectivity index (χ1) is 14.0. The fraction of sp³-hybridized carbons (Fsp3) is 0.429. The Morgan fingerprint density at radius 3 is 2.31 bits per heavy atom. The molecule has 0 bridgehead atoms. The molecule has 0 N–H and O–H groups in total. The highest BCUT2D eigenvalue weighted by molar-refractivity contribution is 5.59. The third-order valence-electron chi connectivity index (χ3n) is 4.64. The van der Waals surface area contributed by atoms with E-state index in [9.17, 15) is 0 Å². The Labute approximate surface area is 179 Å². The molecular weight excluding hydrogens is 352 g/mol. The van der Waals surface area contributed by atoms with Crippen LogP contribution < -0.4 is 4.74 Å². The van der Waals surface area contributed by atoms with E-state index in [0.29, 0.717) is 0 Å². The van der Waals surface area contributed by atoms with E-state index >= 15 is 0 Å². The quantitative estimate of drug-likeness (QED) is 0.227. The number of unbranched alkanes of at least 4 members (excludes halogenated alkanes) is 6. The highest BCUT2D eigenvalue weighted by atomic mass is 16.5. The second-order valence-electron chi connectivity index (χ2n) is 7.85. The summed E-state index contributed by atoms with van der Waals surface area (Å²) in [4.78, 5) is 0. The maximum atomic E-state index is 6.05. The SMILES string of the molecule is C=C(C)/C=C(C)/C=C/C=C(C)/C=C/c1ccccc1OCCCCCCCCC. The number of para-hydroxylation sites is 1. The molecule has 1 aromatic carbocycles. The Morgan fingerprint density at radius 1 is 0.897 bits per heavy atom. The van der Waals surface area contributed by atoms with Gasteiger partial charge in [0.15, 0.2) is 0 Å². The molecule has 0 fully saturated rings. The zero-order chi connectivity index (χ0) is 21.3. The molecular formula is C28H40O. The normalized spacial score (nSPS) is 12.8. The van der Waals surface area contributed by atoms with Gasteiger partial charge in [0, 0.05) is 5.56 Å². The predicted molar refractivity (Wildman–Crippen MR) is 130 cm³/mol. The molecule has 1 rings (SSSR count). The summed E-state index contributed by atoms with van der Waals surface area (Å²) < 4.78 is 6.05. The average Bonchev–Trinajstić information content (AvgIpc) is 2.68. The van der Waals surface area contributed by atoms with Gasteiger partial charge in [-0.1, -0.05) is 123 Å². The number of hydrogen-bond donors (Lipinski definition) is 0. The zero-order valence-electron chi connectivity index (χ0n) is 19.0. The van der Waals surface area contributed by atoms with Gasteiger partial charge in [0.2, 0.25) is 0 Å². The van der Waals surface area contributed by atoms with Crippen LogP contribution in [0.3, 0.4) is 0 Å². The second kappa shape index (κ2) is 15.6. The Bertz CT molecular complexity index is 716. The van der Waals surface area contributed by atoms with Gasteiger partial charge < -0.3 is 4.74 Å². The summed E-state index contributed by atoms with van der Waals surface area (Å²) in [5.41, 5.74) is 4.60. The van der Waals surface area contributed by atoms with Gasteiger partial charge in [-0.05, 0) is 33.3 Å². The molecule has 29 heavy (non-hydrogen) atoms. The van der Waals surface area contributed by atoms with Crippen molar-refractivity contribution in [3.05, 3.63) is 83.5 Å². The maximum Gasteiger partial charge on any atom is 0.126 e. The van der Waals surface area contributed by atoms with Crippen molar-refractivity contribution in [3.63, 3.8) is 0 Å². The van der Waals surface area contributed by atoms with Crippen molar-refractivity contribution >= 4 is 6.08 Å². The van der Waals surface area contributed by atoms with E-state index in [4.69, 9.17) is 4.74 Å². The second-order valence-corrected chi connectivity index (χ2v) is 7.85. The molecule has 0 aliphatic heterocycles. The predicted octanol–water partition coefficient (Wildman–Crippen LogP) is 8.85. The molecule has 0 radical (unpaired) electrons. The van der Waals surface area contributed by atoms with Gasteiger partial charge in [-0.25, -0.2) is 0 Å². The number of hydrogen-bond acceptors (Lipinski definition) is 1. The van der Waals surface area contributed by atoms with E-state index in [0.717, 1.165) is 29.9 Å².